The van der Waals surface area contributed by atoms with Crippen LogP contribution >= 0.6 is 0 Å². The highest BCUT2D eigenvalue weighted by molar-refractivity contribution is 5.39. The molecule has 0 saturated carbocycles. The normalized spacial score (nSPS) is 19.1. The predicted molar refractivity (Wildman–Crippen MR) is 80.7 cm³/mol. The molecule has 0 N–H and O–H groups in total. The van der Waals surface area contributed by atoms with E-state index < -0.39 is 5.60 Å². The van der Waals surface area contributed by atoms with Crippen molar-refractivity contribution >= 4 is 0 Å². The number of ether oxygens (including phenoxy) is 1. The van der Waals surface area contributed by atoms with Crippen molar-refractivity contribution in [1.29, 1.82) is 0 Å². The highest BCUT2D eigenvalue weighted by Gasteiger charge is 2.44. The van der Waals surface area contributed by atoms with E-state index >= 15 is 0 Å². The van der Waals surface area contributed by atoms with Gasteiger partial charge >= 0.3 is 0 Å². The zero-order valence-corrected chi connectivity index (χ0v) is 11.8. The molecule has 0 aromatic heterocycles. The zero-order chi connectivity index (χ0) is 13.8. The Hall–Kier alpha value is -1.64. The standard InChI is InChI=1S/C18H20NO/c1-20-18(17-13-8-14-19-17,15-9-4-2-5-10-15)16-11-6-3-7-12-16/h2-7,9-12,17H,8,13-14H2,1H3/t17-/m0/s1. The molecule has 0 bridgehead atoms. The molecule has 1 heterocycles. The van der Waals surface area contributed by atoms with Gasteiger partial charge in [-0.25, -0.2) is 5.32 Å². The summed E-state index contributed by atoms with van der Waals surface area (Å²) in [6, 6.07) is 21.1. The number of methoxy groups -OCH3 is 1. The molecule has 2 aromatic rings. The average Bonchev–Trinajstić information content (AvgIpc) is 3.06. The first kappa shape index (κ1) is 13.3. The molecule has 1 fully saturated rings. The molecule has 1 radical (unpaired) electrons. The lowest BCUT2D eigenvalue weighted by molar-refractivity contribution is -0.00719. The monoisotopic (exact) mass is 266 g/mol. The smallest absolute Gasteiger partial charge is 0.135 e. The Morgan fingerprint density at radius 1 is 0.950 bits per heavy atom. The maximum Gasteiger partial charge on any atom is 0.135 e. The Kier molecular flexibility index (Phi) is 3.86. The maximum absolute atomic E-state index is 6.10. The van der Waals surface area contributed by atoms with E-state index in [-0.39, 0.29) is 6.04 Å². The topological polar surface area (TPSA) is 23.3 Å². The highest BCUT2D eigenvalue weighted by Crippen LogP contribution is 2.40. The van der Waals surface area contributed by atoms with Crippen LogP contribution in [0.5, 0.6) is 0 Å². The van der Waals surface area contributed by atoms with Crippen LogP contribution in [0.25, 0.3) is 0 Å². The molecule has 0 aliphatic carbocycles. The molecule has 1 aliphatic rings. The number of nitrogens with zero attached hydrogens (tertiary/aromatic N) is 1. The van der Waals surface area contributed by atoms with Crippen LogP contribution in [0.1, 0.15) is 24.0 Å². The van der Waals surface area contributed by atoms with Crippen LogP contribution in [0, 0.1) is 0 Å². The lowest BCUT2D eigenvalue weighted by Gasteiger charge is -2.38. The minimum absolute atomic E-state index is 0.192. The van der Waals surface area contributed by atoms with E-state index in [1.54, 1.807) is 7.11 Å². The second-order valence-corrected chi connectivity index (χ2v) is 5.24. The third-order valence-corrected chi connectivity index (χ3v) is 4.18. The molecule has 20 heavy (non-hydrogen) atoms. The molecule has 2 aromatic carbocycles. The quantitative estimate of drug-likeness (QED) is 0.832. The fraction of sp³-hybridized carbons (Fsp3) is 0.333. The lowest BCUT2D eigenvalue weighted by Crippen LogP contribution is -2.45. The van der Waals surface area contributed by atoms with Crippen molar-refractivity contribution in [3.8, 4) is 0 Å². The fourth-order valence-corrected chi connectivity index (χ4v) is 3.25. The van der Waals surface area contributed by atoms with Gasteiger partial charge < -0.3 is 4.74 Å². The van der Waals surface area contributed by atoms with Crippen LogP contribution in [-0.2, 0) is 10.3 Å². The third-order valence-electron chi connectivity index (χ3n) is 4.18. The van der Waals surface area contributed by atoms with Gasteiger partial charge in [0.25, 0.3) is 0 Å². The van der Waals surface area contributed by atoms with Crippen LogP contribution in [0.15, 0.2) is 60.7 Å². The third kappa shape index (κ3) is 2.15. The molecule has 0 spiro atoms. The first-order valence-corrected chi connectivity index (χ1v) is 7.21. The first-order valence-electron chi connectivity index (χ1n) is 7.21. The Labute approximate surface area is 120 Å². The molecule has 1 atom stereocenters. The minimum Gasteiger partial charge on any atom is -0.367 e. The van der Waals surface area contributed by atoms with Gasteiger partial charge in [0.15, 0.2) is 0 Å². The molecule has 3 rings (SSSR count). The molecular weight excluding hydrogens is 246 g/mol. The van der Waals surface area contributed by atoms with Crippen molar-refractivity contribution in [3.05, 3.63) is 71.8 Å². The summed E-state index contributed by atoms with van der Waals surface area (Å²) in [6.45, 7) is 0.940. The van der Waals surface area contributed by atoms with E-state index in [0.717, 1.165) is 19.4 Å². The Bertz CT molecular complexity index is 492. The van der Waals surface area contributed by atoms with Crippen LogP contribution in [0.4, 0.5) is 0 Å². The van der Waals surface area contributed by atoms with Crippen molar-refractivity contribution in [2.75, 3.05) is 13.7 Å². The van der Waals surface area contributed by atoms with Gasteiger partial charge in [-0.3, -0.25) is 0 Å². The SMILES string of the molecule is COC(c1ccccc1)(c1ccccc1)[C@@H]1CCC[N]1. The van der Waals surface area contributed by atoms with E-state index in [4.69, 9.17) is 10.1 Å². The van der Waals surface area contributed by atoms with E-state index in [9.17, 15) is 0 Å². The Morgan fingerprint density at radius 3 is 1.90 bits per heavy atom. The van der Waals surface area contributed by atoms with Crippen molar-refractivity contribution in [3.63, 3.8) is 0 Å². The molecule has 0 unspecified atom stereocenters. The van der Waals surface area contributed by atoms with Crippen molar-refractivity contribution in [1.82, 2.24) is 5.32 Å². The minimum atomic E-state index is -0.459. The first-order chi connectivity index (χ1) is 9.88. The van der Waals surface area contributed by atoms with Gasteiger partial charge in [0.2, 0.25) is 0 Å². The molecule has 1 saturated heterocycles. The number of hydrogen-bond donors (Lipinski definition) is 0. The summed E-state index contributed by atoms with van der Waals surface area (Å²) < 4.78 is 6.10. The van der Waals surface area contributed by atoms with E-state index in [1.165, 1.54) is 11.1 Å². The fourth-order valence-electron chi connectivity index (χ4n) is 3.25. The largest absolute Gasteiger partial charge is 0.367 e. The second-order valence-electron chi connectivity index (χ2n) is 5.24. The van der Waals surface area contributed by atoms with Gasteiger partial charge in [-0.05, 0) is 24.0 Å². The average molecular weight is 266 g/mol. The molecule has 0 amide bonds. The van der Waals surface area contributed by atoms with Gasteiger partial charge in [0, 0.05) is 13.7 Å². The molecule has 103 valence electrons. The number of benzene rings is 2. The van der Waals surface area contributed by atoms with Gasteiger partial charge in [-0.2, -0.15) is 0 Å². The molecule has 1 aliphatic heterocycles. The summed E-state index contributed by atoms with van der Waals surface area (Å²) in [4.78, 5) is 0. The van der Waals surface area contributed by atoms with E-state index in [2.05, 4.69) is 48.5 Å². The maximum atomic E-state index is 6.10. The van der Waals surface area contributed by atoms with Gasteiger partial charge in [-0.1, -0.05) is 60.7 Å². The second kappa shape index (κ2) is 5.78. The highest BCUT2D eigenvalue weighted by atomic mass is 16.5. The summed E-state index contributed by atoms with van der Waals surface area (Å²) in [5.41, 5.74) is 1.91. The Morgan fingerprint density at radius 2 is 1.50 bits per heavy atom. The van der Waals surface area contributed by atoms with Crippen molar-refractivity contribution in [2.24, 2.45) is 0 Å². The molecule has 2 nitrogen and oxygen atoms in total. The lowest BCUT2D eigenvalue weighted by atomic mass is 9.79. The van der Waals surface area contributed by atoms with Crippen LogP contribution in [0.2, 0.25) is 0 Å². The van der Waals surface area contributed by atoms with Crippen LogP contribution < -0.4 is 5.32 Å². The van der Waals surface area contributed by atoms with Gasteiger partial charge in [-0.15, -0.1) is 0 Å². The number of hydrogen-bond acceptors (Lipinski definition) is 1. The van der Waals surface area contributed by atoms with E-state index in [0.29, 0.717) is 0 Å². The van der Waals surface area contributed by atoms with Gasteiger partial charge in [0.05, 0.1) is 6.04 Å². The summed E-state index contributed by atoms with van der Waals surface area (Å²) >= 11 is 0. The number of rotatable bonds is 4. The summed E-state index contributed by atoms with van der Waals surface area (Å²) in [5.74, 6) is 0. The van der Waals surface area contributed by atoms with Gasteiger partial charge in [0.1, 0.15) is 5.60 Å². The summed E-state index contributed by atoms with van der Waals surface area (Å²) in [7, 11) is 1.80. The van der Waals surface area contributed by atoms with Crippen molar-refractivity contribution < 1.29 is 4.74 Å². The predicted octanol–water partition coefficient (Wildman–Crippen LogP) is 3.34. The molecule has 2 heteroatoms. The summed E-state index contributed by atoms with van der Waals surface area (Å²) in [5, 5.41) is 4.81. The van der Waals surface area contributed by atoms with Crippen molar-refractivity contribution in [2.45, 2.75) is 24.5 Å². The Balaban J connectivity index is 2.15. The zero-order valence-electron chi connectivity index (χ0n) is 11.8. The molecular formula is C18H20NO. The van der Waals surface area contributed by atoms with Crippen LogP contribution in [0.3, 0.4) is 0 Å². The van der Waals surface area contributed by atoms with E-state index in [1.807, 2.05) is 12.1 Å². The summed E-state index contributed by atoms with van der Waals surface area (Å²) in [6.07, 6.45) is 2.23. The van der Waals surface area contributed by atoms with Crippen LogP contribution in [-0.4, -0.2) is 19.7 Å².